The molecule has 0 radical (unpaired) electrons. The minimum atomic E-state index is 0.0919. The van der Waals surface area contributed by atoms with Gasteiger partial charge in [0.1, 0.15) is 5.82 Å². The number of aromatic nitrogens is 1. The zero-order chi connectivity index (χ0) is 10.4. The van der Waals surface area contributed by atoms with Gasteiger partial charge in [-0.3, -0.25) is 0 Å². The second-order valence-corrected chi connectivity index (χ2v) is 3.32. The maximum atomic E-state index is 5.40. The molecule has 1 atom stereocenters. The molecule has 0 saturated carbocycles. The number of hydrogen-bond acceptors (Lipinski definition) is 2. The highest BCUT2D eigenvalue weighted by atomic mass is 15.0. The largest absolute Gasteiger partial charge is 0.356 e. The normalized spacial score (nSPS) is 11.8. The Kier molecular flexibility index (Phi) is 4.00. The maximum absolute atomic E-state index is 5.40. The van der Waals surface area contributed by atoms with Gasteiger partial charge in [0.25, 0.3) is 0 Å². The number of hydrogen-bond donors (Lipinski definition) is 1. The molecular weight excluding hydrogens is 172 g/mol. The average Bonchev–Trinajstić information content (AvgIpc) is 2.17. The summed E-state index contributed by atoms with van der Waals surface area (Å²) in [5.74, 6) is 3.58. The molecule has 0 saturated heterocycles. The summed E-state index contributed by atoms with van der Waals surface area (Å²) < 4.78 is 0. The van der Waals surface area contributed by atoms with Crippen LogP contribution in [0.1, 0.15) is 25.5 Å². The lowest BCUT2D eigenvalue weighted by molar-refractivity contribution is 0.752. The van der Waals surface area contributed by atoms with E-state index >= 15 is 0 Å². The summed E-state index contributed by atoms with van der Waals surface area (Å²) in [6, 6.07) is 5.97. The van der Waals surface area contributed by atoms with Gasteiger partial charge < -0.3 is 5.32 Å². The summed E-state index contributed by atoms with van der Waals surface area (Å²) in [7, 11) is 0. The van der Waals surface area contributed by atoms with Crippen LogP contribution in [-0.4, -0.2) is 11.0 Å². The van der Waals surface area contributed by atoms with Crippen molar-refractivity contribution in [3.05, 3.63) is 23.9 Å². The number of pyridine rings is 1. The summed E-state index contributed by atoms with van der Waals surface area (Å²) in [6.07, 6.45) is 7.46. The predicted octanol–water partition coefficient (Wildman–Crippen LogP) is 2.60. The van der Waals surface area contributed by atoms with E-state index < -0.39 is 0 Å². The molecule has 1 unspecified atom stereocenters. The van der Waals surface area contributed by atoms with Crippen molar-refractivity contribution < 1.29 is 0 Å². The third kappa shape index (κ3) is 3.10. The van der Waals surface area contributed by atoms with Crippen LogP contribution in [0.2, 0.25) is 0 Å². The van der Waals surface area contributed by atoms with Crippen molar-refractivity contribution >= 4 is 5.82 Å². The quantitative estimate of drug-likeness (QED) is 0.735. The molecule has 2 heteroatoms. The Morgan fingerprint density at radius 1 is 1.57 bits per heavy atom. The number of nitrogens with zero attached hydrogens (tertiary/aromatic N) is 1. The van der Waals surface area contributed by atoms with E-state index in [1.807, 2.05) is 25.1 Å². The molecule has 0 fully saturated rings. The zero-order valence-electron chi connectivity index (χ0n) is 8.75. The van der Waals surface area contributed by atoms with Crippen molar-refractivity contribution in [3.63, 3.8) is 0 Å². The lowest BCUT2D eigenvalue weighted by Crippen LogP contribution is -2.17. The first-order chi connectivity index (χ1) is 6.76. The fourth-order valence-corrected chi connectivity index (χ4v) is 1.29. The molecule has 1 N–H and O–H groups in total. The van der Waals surface area contributed by atoms with Crippen LogP contribution in [-0.2, 0) is 0 Å². The Labute approximate surface area is 85.8 Å². The second-order valence-electron chi connectivity index (χ2n) is 3.32. The van der Waals surface area contributed by atoms with Crippen LogP contribution in [0.4, 0.5) is 5.82 Å². The van der Waals surface area contributed by atoms with Gasteiger partial charge in [-0.1, -0.05) is 25.3 Å². The second kappa shape index (κ2) is 5.29. The average molecular weight is 188 g/mol. The number of nitrogens with one attached hydrogen (secondary N) is 1. The van der Waals surface area contributed by atoms with Gasteiger partial charge in [0.15, 0.2) is 0 Å². The molecule has 0 aliphatic carbocycles. The van der Waals surface area contributed by atoms with Crippen molar-refractivity contribution in [3.8, 4) is 12.3 Å². The van der Waals surface area contributed by atoms with E-state index in [4.69, 9.17) is 6.42 Å². The van der Waals surface area contributed by atoms with Crippen LogP contribution in [0.15, 0.2) is 18.2 Å². The molecule has 1 aromatic rings. The molecule has 0 amide bonds. The first-order valence-corrected chi connectivity index (χ1v) is 4.92. The highest BCUT2D eigenvalue weighted by Gasteiger charge is 2.03. The van der Waals surface area contributed by atoms with Crippen LogP contribution in [0, 0.1) is 19.3 Å². The van der Waals surface area contributed by atoms with Crippen molar-refractivity contribution in [2.24, 2.45) is 0 Å². The molecule has 1 aromatic heterocycles. The topological polar surface area (TPSA) is 24.9 Å². The molecule has 0 bridgehead atoms. The van der Waals surface area contributed by atoms with Crippen LogP contribution in [0.25, 0.3) is 0 Å². The molecule has 0 aliphatic rings. The highest BCUT2D eigenvalue weighted by Crippen LogP contribution is 2.07. The van der Waals surface area contributed by atoms with E-state index in [2.05, 4.69) is 23.1 Å². The SMILES string of the molecule is C#CC(CCC)Nc1cccc(C)n1. The summed E-state index contributed by atoms with van der Waals surface area (Å²) >= 11 is 0. The Hall–Kier alpha value is -1.49. The summed E-state index contributed by atoms with van der Waals surface area (Å²) in [5.41, 5.74) is 1.00. The van der Waals surface area contributed by atoms with E-state index in [-0.39, 0.29) is 6.04 Å². The van der Waals surface area contributed by atoms with E-state index in [9.17, 15) is 0 Å². The Balaban J connectivity index is 2.63. The van der Waals surface area contributed by atoms with Crippen molar-refractivity contribution in [1.82, 2.24) is 4.98 Å². The van der Waals surface area contributed by atoms with Gasteiger partial charge >= 0.3 is 0 Å². The molecule has 1 heterocycles. The first kappa shape index (κ1) is 10.6. The molecule has 2 nitrogen and oxygen atoms in total. The van der Waals surface area contributed by atoms with Gasteiger partial charge in [-0.15, -0.1) is 6.42 Å². The van der Waals surface area contributed by atoms with Crippen molar-refractivity contribution in [2.75, 3.05) is 5.32 Å². The minimum Gasteiger partial charge on any atom is -0.356 e. The third-order valence-corrected chi connectivity index (χ3v) is 1.99. The standard InChI is InChI=1S/C12H16N2/c1-4-7-11(5-2)14-12-9-6-8-10(3)13-12/h2,6,8-9,11H,4,7H2,1,3H3,(H,13,14). The fourth-order valence-electron chi connectivity index (χ4n) is 1.29. The highest BCUT2D eigenvalue weighted by molar-refractivity contribution is 5.38. The van der Waals surface area contributed by atoms with Gasteiger partial charge in [-0.05, 0) is 25.5 Å². The van der Waals surface area contributed by atoms with E-state index in [0.29, 0.717) is 0 Å². The molecule has 1 rings (SSSR count). The van der Waals surface area contributed by atoms with E-state index in [1.54, 1.807) is 0 Å². The monoisotopic (exact) mass is 188 g/mol. The summed E-state index contributed by atoms with van der Waals surface area (Å²) in [4.78, 5) is 4.34. The smallest absolute Gasteiger partial charge is 0.127 e. The lowest BCUT2D eigenvalue weighted by Gasteiger charge is -2.12. The van der Waals surface area contributed by atoms with Crippen LogP contribution in [0.5, 0.6) is 0 Å². The van der Waals surface area contributed by atoms with Gasteiger partial charge in [0.05, 0.1) is 6.04 Å². The number of terminal acetylenes is 1. The Morgan fingerprint density at radius 2 is 2.36 bits per heavy atom. The van der Waals surface area contributed by atoms with Crippen LogP contribution < -0.4 is 5.32 Å². The molecule has 0 spiro atoms. The van der Waals surface area contributed by atoms with Crippen molar-refractivity contribution in [2.45, 2.75) is 32.7 Å². The summed E-state index contributed by atoms with van der Waals surface area (Å²) in [5, 5.41) is 3.22. The first-order valence-electron chi connectivity index (χ1n) is 4.92. The Morgan fingerprint density at radius 3 is 2.93 bits per heavy atom. The van der Waals surface area contributed by atoms with Gasteiger partial charge in [0.2, 0.25) is 0 Å². The van der Waals surface area contributed by atoms with Gasteiger partial charge in [-0.2, -0.15) is 0 Å². The molecule has 14 heavy (non-hydrogen) atoms. The predicted molar refractivity (Wildman–Crippen MR) is 60.1 cm³/mol. The molecule has 0 aromatic carbocycles. The molecule has 0 aliphatic heterocycles. The van der Waals surface area contributed by atoms with Gasteiger partial charge in [0, 0.05) is 5.69 Å². The fraction of sp³-hybridized carbons (Fsp3) is 0.417. The minimum absolute atomic E-state index is 0.0919. The van der Waals surface area contributed by atoms with Crippen molar-refractivity contribution in [1.29, 1.82) is 0 Å². The third-order valence-electron chi connectivity index (χ3n) is 1.99. The molecule has 74 valence electrons. The van der Waals surface area contributed by atoms with Gasteiger partial charge in [-0.25, -0.2) is 4.98 Å². The number of rotatable bonds is 4. The number of anilines is 1. The summed E-state index contributed by atoms with van der Waals surface area (Å²) in [6.45, 7) is 4.09. The van der Waals surface area contributed by atoms with E-state index in [0.717, 1.165) is 24.4 Å². The number of aryl methyl sites for hydroxylation is 1. The molecular formula is C12H16N2. The van der Waals surface area contributed by atoms with Crippen LogP contribution in [0.3, 0.4) is 0 Å². The Bertz CT molecular complexity index is 325. The van der Waals surface area contributed by atoms with E-state index in [1.165, 1.54) is 0 Å². The maximum Gasteiger partial charge on any atom is 0.127 e. The lowest BCUT2D eigenvalue weighted by atomic mass is 10.2. The van der Waals surface area contributed by atoms with Crippen LogP contribution >= 0.6 is 0 Å². The zero-order valence-corrected chi connectivity index (χ0v) is 8.75.